The summed E-state index contributed by atoms with van der Waals surface area (Å²) in [7, 11) is 0. The maximum absolute atomic E-state index is 11.2. The van der Waals surface area contributed by atoms with Gasteiger partial charge in [-0.25, -0.2) is 0 Å². The van der Waals surface area contributed by atoms with Crippen molar-refractivity contribution in [3.05, 3.63) is 0 Å². The fourth-order valence-corrected chi connectivity index (χ4v) is 2.71. The lowest BCUT2D eigenvalue weighted by Gasteiger charge is -2.23. The monoisotopic (exact) mass is 221 g/mol. The summed E-state index contributed by atoms with van der Waals surface area (Å²) in [6.07, 6.45) is 2.45. The van der Waals surface area contributed by atoms with Crippen LogP contribution >= 0.6 is 23.4 Å². The maximum Gasteiger partial charge on any atom is 0.237 e. The van der Waals surface area contributed by atoms with Gasteiger partial charge in [-0.15, -0.1) is 11.6 Å². The molecule has 13 heavy (non-hydrogen) atoms. The van der Waals surface area contributed by atoms with E-state index < -0.39 is 5.38 Å². The van der Waals surface area contributed by atoms with E-state index in [1.807, 2.05) is 11.8 Å². The summed E-state index contributed by atoms with van der Waals surface area (Å²) in [5.74, 6) is 1.15. The van der Waals surface area contributed by atoms with Gasteiger partial charge in [0.2, 0.25) is 5.91 Å². The molecule has 2 unspecified atom stereocenters. The van der Waals surface area contributed by atoms with Crippen molar-refractivity contribution >= 4 is 29.3 Å². The Kier molecular flexibility index (Phi) is 3.92. The number of thioether (sulfide) groups is 1. The number of hydrogen-bond donors (Lipinski definition) is 1. The Morgan fingerprint density at radius 1 is 1.77 bits per heavy atom. The van der Waals surface area contributed by atoms with Crippen molar-refractivity contribution in [2.24, 2.45) is 0 Å². The van der Waals surface area contributed by atoms with Crippen molar-refractivity contribution in [3.8, 4) is 0 Å². The third-order valence-corrected chi connectivity index (χ3v) is 4.03. The molecular formula is C9H16ClNOS. The van der Waals surface area contributed by atoms with E-state index in [9.17, 15) is 4.79 Å². The third kappa shape index (κ3) is 3.39. The van der Waals surface area contributed by atoms with Crippen LogP contribution in [0.3, 0.4) is 0 Å². The summed E-state index contributed by atoms with van der Waals surface area (Å²) in [5, 5.41) is 2.45. The van der Waals surface area contributed by atoms with Gasteiger partial charge in [-0.1, -0.05) is 0 Å². The number of nitrogens with one attached hydrogen (secondary N) is 1. The first kappa shape index (κ1) is 11.2. The van der Waals surface area contributed by atoms with Gasteiger partial charge >= 0.3 is 0 Å². The lowest BCUT2D eigenvalue weighted by atomic mass is 10.1. The molecule has 1 saturated heterocycles. The Bertz CT molecular complexity index is 190. The minimum atomic E-state index is -0.421. The molecule has 0 aromatic carbocycles. The van der Waals surface area contributed by atoms with Crippen LogP contribution in [0.4, 0.5) is 0 Å². The molecule has 1 aliphatic heterocycles. The summed E-state index contributed by atoms with van der Waals surface area (Å²) in [6.45, 7) is 4.64. The summed E-state index contributed by atoms with van der Waals surface area (Å²) < 4.78 is 0.238. The van der Waals surface area contributed by atoms with Gasteiger partial charge in [-0.3, -0.25) is 4.79 Å². The summed E-state index contributed by atoms with van der Waals surface area (Å²) >= 11 is 7.58. The summed E-state index contributed by atoms with van der Waals surface area (Å²) in [4.78, 5) is 11.2. The Morgan fingerprint density at radius 3 is 2.92 bits per heavy atom. The molecule has 1 N–H and O–H groups in total. The molecule has 1 amide bonds. The molecule has 0 aromatic heterocycles. The van der Waals surface area contributed by atoms with E-state index in [0.29, 0.717) is 0 Å². The molecule has 1 rings (SSSR count). The van der Waals surface area contributed by atoms with E-state index in [1.165, 1.54) is 18.6 Å². The van der Waals surface area contributed by atoms with Crippen molar-refractivity contribution in [1.82, 2.24) is 5.32 Å². The molecule has 0 saturated carbocycles. The average molecular weight is 222 g/mol. The molecule has 0 bridgehead atoms. The number of rotatable bonds is 3. The van der Waals surface area contributed by atoms with Gasteiger partial charge in [0.05, 0.1) is 0 Å². The second-order valence-electron chi connectivity index (χ2n) is 3.74. The zero-order valence-corrected chi connectivity index (χ0v) is 9.67. The Hall–Kier alpha value is 0.110. The highest BCUT2D eigenvalue weighted by Gasteiger charge is 2.29. The largest absolute Gasteiger partial charge is 0.353 e. The first-order valence-corrected chi connectivity index (χ1v) is 6.01. The number of halogens is 1. The fraction of sp³-hybridized carbons (Fsp3) is 0.889. The van der Waals surface area contributed by atoms with Gasteiger partial charge < -0.3 is 5.32 Å². The van der Waals surface area contributed by atoms with Crippen LogP contribution in [0.2, 0.25) is 0 Å². The van der Waals surface area contributed by atoms with Gasteiger partial charge in [-0.2, -0.15) is 11.8 Å². The third-order valence-electron chi connectivity index (χ3n) is 2.30. The average Bonchev–Trinajstić information content (AvgIpc) is 2.48. The minimum absolute atomic E-state index is 0.0598. The second kappa shape index (κ2) is 4.56. The predicted octanol–water partition coefficient (Wildman–Crippen LogP) is 2.02. The zero-order valence-electron chi connectivity index (χ0n) is 8.10. The Labute approximate surface area is 88.8 Å². The molecule has 76 valence electrons. The molecule has 1 aliphatic rings. The molecule has 4 heteroatoms. The van der Waals surface area contributed by atoms with Crippen LogP contribution in [-0.4, -0.2) is 28.3 Å². The van der Waals surface area contributed by atoms with Crippen molar-refractivity contribution in [1.29, 1.82) is 0 Å². The van der Waals surface area contributed by atoms with Gasteiger partial charge in [0, 0.05) is 11.3 Å². The van der Waals surface area contributed by atoms with Gasteiger partial charge in [0.25, 0.3) is 0 Å². The Morgan fingerprint density at radius 2 is 2.46 bits per heavy atom. The number of hydrogen-bond acceptors (Lipinski definition) is 2. The van der Waals surface area contributed by atoms with E-state index in [4.69, 9.17) is 11.6 Å². The van der Waals surface area contributed by atoms with Crippen molar-refractivity contribution < 1.29 is 4.79 Å². The smallest absolute Gasteiger partial charge is 0.237 e. The predicted molar refractivity (Wildman–Crippen MR) is 58.4 cm³/mol. The van der Waals surface area contributed by atoms with Crippen LogP contribution in [-0.2, 0) is 4.79 Å². The molecule has 0 aliphatic carbocycles. The maximum atomic E-state index is 11.2. The molecule has 0 spiro atoms. The fourth-order valence-electron chi connectivity index (χ4n) is 1.39. The molecule has 0 aromatic rings. The summed E-state index contributed by atoms with van der Waals surface area (Å²) in [5.41, 5.74) is 0. The van der Waals surface area contributed by atoms with E-state index in [1.54, 1.807) is 6.92 Å². The van der Waals surface area contributed by atoms with E-state index >= 15 is 0 Å². The van der Waals surface area contributed by atoms with Crippen LogP contribution in [0.1, 0.15) is 26.7 Å². The lowest BCUT2D eigenvalue weighted by molar-refractivity contribution is -0.120. The van der Waals surface area contributed by atoms with Crippen LogP contribution in [0.15, 0.2) is 0 Å². The first-order valence-electron chi connectivity index (χ1n) is 4.59. The highest BCUT2D eigenvalue weighted by molar-refractivity contribution is 8.00. The van der Waals surface area contributed by atoms with Gasteiger partial charge in [0.1, 0.15) is 5.38 Å². The highest BCUT2D eigenvalue weighted by atomic mass is 35.5. The lowest BCUT2D eigenvalue weighted by Crippen LogP contribution is -2.39. The van der Waals surface area contributed by atoms with Crippen LogP contribution in [0.25, 0.3) is 0 Å². The standard InChI is InChI=1S/C9H16ClNOS/c1-7(10)8(12)11-6-9(2)4-3-5-13-9/h7H,3-6H2,1-2H3,(H,11,12). The quantitative estimate of drug-likeness (QED) is 0.739. The van der Waals surface area contributed by atoms with E-state index in [0.717, 1.165) is 6.54 Å². The molecule has 2 atom stereocenters. The van der Waals surface area contributed by atoms with Gasteiger partial charge in [-0.05, 0) is 32.4 Å². The number of alkyl halides is 1. The minimum Gasteiger partial charge on any atom is -0.353 e. The molecule has 1 fully saturated rings. The number of carbonyl (C=O) groups is 1. The molecule has 0 radical (unpaired) electrons. The molecular weight excluding hydrogens is 206 g/mol. The topological polar surface area (TPSA) is 29.1 Å². The number of carbonyl (C=O) groups excluding carboxylic acids is 1. The highest BCUT2D eigenvalue weighted by Crippen LogP contribution is 2.36. The molecule has 2 nitrogen and oxygen atoms in total. The summed E-state index contributed by atoms with van der Waals surface area (Å²) in [6, 6.07) is 0. The van der Waals surface area contributed by atoms with Crippen molar-refractivity contribution in [2.45, 2.75) is 36.8 Å². The second-order valence-corrected chi connectivity index (χ2v) is 6.07. The van der Waals surface area contributed by atoms with Crippen molar-refractivity contribution in [2.75, 3.05) is 12.3 Å². The van der Waals surface area contributed by atoms with E-state index in [-0.39, 0.29) is 10.7 Å². The zero-order chi connectivity index (χ0) is 9.90. The van der Waals surface area contributed by atoms with Crippen LogP contribution in [0, 0.1) is 0 Å². The van der Waals surface area contributed by atoms with Crippen LogP contribution in [0.5, 0.6) is 0 Å². The SMILES string of the molecule is CC(Cl)C(=O)NCC1(C)CCCS1. The first-order chi connectivity index (χ1) is 6.03. The Balaban J connectivity index is 2.29. The van der Waals surface area contributed by atoms with E-state index in [2.05, 4.69) is 12.2 Å². The van der Waals surface area contributed by atoms with Crippen LogP contribution < -0.4 is 5.32 Å². The van der Waals surface area contributed by atoms with Gasteiger partial charge in [0.15, 0.2) is 0 Å². The number of amides is 1. The van der Waals surface area contributed by atoms with Crippen molar-refractivity contribution in [3.63, 3.8) is 0 Å². The molecule has 1 heterocycles. The normalized spacial score (nSPS) is 30.1.